The van der Waals surface area contributed by atoms with E-state index in [1.165, 1.54) is 103 Å². The van der Waals surface area contributed by atoms with Crippen LogP contribution in [0.3, 0.4) is 0 Å². The number of aliphatic hydroxyl groups is 1. The molecule has 0 aromatic rings. The van der Waals surface area contributed by atoms with Crippen LogP contribution in [0.15, 0.2) is 0 Å². The van der Waals surface area contributed by atoms with Gasteiger partial charge in [0.05, 0.1) is 26.4 Å². The number of ether oxygens (including phenoxy) is 4. The molecule has 0 aliphatic rings. The molecule has 0 bridgehead atoms. The van der Waals surface area contributed by atoms with Crippen LogP contribution < -0.4 is 0 Å². The highest BCUT2D eigenvalue weighted by atomic mass is 31.2. The van der Waals surface area contributed by atoms with E-state index in [9.17, 15) is 43.2 Å². The first-order valence-corrected chi connectivity index (χ1v) is 34.5. The monoisotopic (exact) mass is 1170 g/mol. The van der Waals surface area contributed by atoms with E-state index >= 15 is 0 Å². The number of unbranched alkanes of at least 4 members (excludes halogenated alkanes) is 29. The molecule has 0 aliphatic heterocycles. The van der Waals surface area contributed by atoms with E-state index in [0.717, 1.165) is 102 Å². The van der Waals surface area contributed by atoms with E-state index in [2.05, 4.69) is 41.5 Å². The van der Waals surface area contributed by atoms with Crippen molar-refractivity contribution in [2.75, 3.05) is 39.6 Å². The Morgan fingerprint density at radius 2 is 0.582 bits per heavy atom. The van der Waals surface area contributed by atoms with Crippen LogP contribution in [0.1, 0.15) is 292 Å². The minimum atomic E-state index is -4.94. The average Bonchev–Trinajstić information content (AvgIpc) is 3.40. The number of phosphoric ester groups is 2. The van der Waals surface area contributed by atoms with E-state index in [1.807, 2.05) is 0 Å². The molecule has 0 aromatic carbocycles. The Morgan fingerprint density at radius 3 is 0.861 bits per heavy atom. The van der Waals surface area contributed by atoms with Crippen molar-refractivity contribution in [1.82, 2.24) is 0 Å². The van der Waals surface area contributed by atoms with Crippen molar-refractivity contribution in [1.29, 1.82) is 0 Å². The molecule has 0 aliphatic carbocycles. The second-order valence-corrected chi connectivity index (χ2v) is 25.6. The summed E-state index contributed by atoms with van der Waals surface area (Å²) in [7, 11) is -9.87. The maximum atomic E-state index is 12.9. The lowest BCUT2D eigenvalue weighted by atomic mass is 10.0. The van der Waals surface area contributed by atoms with Gasteiger partial charge in [0.15, 0.2) is 12.2 Å². The Hall–Kier alpha value is -1.94. The van der Waals surface area contributed by atoms with E-state index in [1.54, 1.807) is 0 Å². The van der Waals surface area contributed by atoms with Crippen molar-refractivity contribution >= 4 is 39.5 Å². The molecule has 0 heterocycles. The molecule has 17 nitrogen and oxygen atoms in total. The summed E-state index contributed by atoms with van der Waals surface area (Å²) in [4.78, 5) is 71.8. The summed E-state index contributed by atoms with van der Waals surface area (Å²) in [6.45, 7) is 9.29. The number of hydrogen-bond acceptors (Lipinski definition) is 15. The first kappa shape index (κ1) is 77.1. The van der Waals surface area contributed by atoms with Gasteiger partial charge in [-0.05, 0) is 37.5 Å². The van der Waals surface area contributed by atoms with Crippen LogP contribution in [0.25, 0.3) is 0 Å². The third-order valence-electron chi connectivity index (χ3n) is 13.7. The van der Waals surface area contributed by atoms with E-state index in [-0.39, 0.29) is 25.7 Å². The van der Waals surface area contributed by atoms with Gasteiger partial charge in [-0.15, -0.1) is 0 Å². The normalized spacial score (nSPS) is 14.4. The summed E-state index contributed by atoms with van der Waals surface area (Å²) in [5.74, 6) is -0.719. The molecular weight excluding hydrogens is 1050 g/mol. The molecule has 0 amide bonds. The first-order valence-electron chi connectivity index (χ1n) is 31.5. The highest BCUT2D eigenvalue weighted by Gasteiger charge is 2.30. The molecular formula is C60H116O17P2. The Morgan fingerprint density at radius 1 is 0.342 bits per heavy atom. The largest absolute Gasteiger partial charge is 0.472 e. The summed E-state index contributed by atoms with van der Waals surface area (Å²) in [5.41, 5.74) is 0. The maximum Gasteiger partial charge on any atom is 0.472 e. The summed E-state index contributed by atoms with van der Waals surface area (Å²) >= 11 is 0. The third-order valence-corrected chi connectivity index (χ3v) is 15.6. The second-order valence-electron chi connectivity index (χ2n) is 22.7. The predicted molar refractivity (Wildman–Crippen MR) is 312 cm³/mol. The topological polar surface area (TPSA) is 237 Å². The van der Waals surface area contributed by atoms with Gasteiger partial charge >= 0.3 is 39.5 Å². The molecule has 0 rings (SSSR count). The summed E-state index contributed by atoms with van der Waals surface area (Å²) in [5, 5.41) is 10.5. The van der Waals surface area contributed by atoms with Gasteiger partial charge in [0.2, 0.25) is 0 Å². The fourth-order valence-electron chi connectivity index (χ4n) is 8.82. The molecule has 79 heavy (non-hydrogen) atoms. The van der Waals surface area contributed by atoms with Gasteiger partial charge in [-0.3, -0.25) is 37.3 Å². The lowest BCUT2D eigenvalue weighted by molar-refractivity contribution is -0.161. The number of carbonyl (C=O) groups excluding carboxylic acids is 4. The number of rotatable bonds is 59. The van der Waals surface area contributed by atoms with Gasteiger partial charge in [-0.2, -0.15) is 0 Å². The predicted octanol–water partition coefficient (Wildman–Crippen LogP) is 16.1. The third kappa shape index (κ3) is 55.0. The lowest BCUT2D eigenvalue weighted by Crippen LogP contribution is -2.30. The molecule has 19 heteroatoms. The highest BCUT2D eigenvalue weighted by Crippen LogP contribution is 2.45. The van der Waals surface area contributed by atoms with Crippen LogP contribution in [0.4, 0.5) is 0 Å². The zero-order valence-electron chi connectivity index (χ0n) is 50.7. The van der Waals surface area contributed by atoms with E-state index < -0.39 is 97.5 Å². The van der Waals surface area contributed by atoms with Gasteiger partial charge in [-0.1, -0.05) is 241 Å². The molecule has 0 saturated carbocycles. The highest BCUT2D eigenvalue weighted by molar-refractivity contribution is 7.47. The molecule has 0 radical (unpaired) electrons. The first-order chi connectivity index (χ1) is 37.9. The van der Waals surface area contributed by atoms with Gasteiger partial charge in [0, 0.05) is 25.7 Å². The van der Waals surface area contributed by atoms with Crippen molar-refractivity contribution in [2.24, 2.45) is 11.8 Å². The zero-order chi connectivity index (χ0) is 58.7. The van der Waals surface area contributed by atoms with Crippen molar-refractivity contribution in [3.05, 3.63) is 0 Å². The van der Waals surface area contributed by atoms with Crippen LogP contribution in [0, 0.1) is 11.8 Å². The fourth-order valence-corrected chi connectivity index (χ4v) is 10.4. The number of phosphoric acid groups is 2. The number of hydrogen-bond donors (Lipinski definition) is 3. The Balaban J connectivity index is 5.19. The van der Waals surface area contributed by atoms with Crippen LogP contribution >= 0.6 is 15.6 Å². The van der Waals surface area contributed by atoms with Gasteiger partial charge in [-0.25, -0.2) is 9.13 Å². The van der Waals surface area contributed by atoms with E-state index in [0.29, 0.717) is 31.6 Å². The minimum Gasteiger partial charge on any atom is -0.462 e. The van der Waals surface area contributed by atoms with Crippen molar-refractivity contribution in [3.8, 4) is 0 Å². The van der Waals surface area contributed by atoms with E-state index in [4.69, 9.17) is 37.0 Å². The van der Waals surface area contributed by atoms with Gasteiger partial charge in [0.25, 0.3) is 0 Å². The zero-order valence-corrected chi connectivity index (χ0v) is 52.4. The Bertz CT molecular complexity index is 1560. The van der Waals surface area contributed by atoms with Gasteiger partial charge < -0.3 is 33.8 Å². The SMILES string of the molecule is CCCCCCCCCCCCCCC(=O)OC[C@H](COP(=O)(O)OC[C@@H](O)COP(=O)(O)OC[C@@H](COC(=O)CCCCCCC)OC(=O)CCCCCCCCCC(C)C)OC(=O)CCCCCCCCCCCC(C)C. The summed E-state index contributed by atoms with van der Waals surface area (Å²) in [6.07, 6.45) is 33.9. The number of aliphatic hydroxyl groups excluding tert-OH is 1. The summed E-state index contributed by atoms with van der Waals surface area (Å²) < 4.78 is 67.6. The van der Waals surface area contributed by atoms with Crippen molar-refractivity contribution in [3.63, 3.8) is 0 Å². The van der Waals surface area contributed by atoms with Crippen LogP contribution in [-0.2, 0) is 65.4 Å². The van der Waals surface area contributed by atoms with Crippen LogP contribution in [0.2, 0.25) is 0 Å². The minimum absolute atomic E-state index is 0.102. The lowest BCUT2D eigenvalue weighted by Gasteiger charge is -2.21. The Kier molecular flexibility index (Phi) is 51.5. The maximum absolute atomic E-state index is 12.9. The molecule has 468 valence electrons. The average molecular weight is 1170 g/mol. The summed E-state index contributed by atoms with van der Waals surface area (Å²) in [6, 6.07) is 0. The number of esters is 4. The molecule has 3 N–H and O–H groups in total. The Labute approximate surface area is 479 Å². The molecule has 0 aromatic heterocycles. The molecule has 0 saturated heterocycles. The fraction of sp³-hybridized carbons (Fsp3) is 0.933. The van der Waals surface area contributed by atoms with Crippen molar-refractivity contribution < 1.29 is 80.2 Å². The standard InChI is InChI=1S/C60H116O17P2/c1-7-9-11-13-14-15-16-17-20-25-31-37-43-58(63)71-49-56(77-59(64)44-38-32-26-21-18-19-23-29-34-40-52(3)4)51-75-79(68,69)73-47-54(61)46-72-78(66,67)74-50-55(48-70-57(62)42-36-28-12-10-8-2)76-60(65)45-39-33-27-22-24-30-35-41-53(5)6/h52-56,61H,7-51H2,1-6H3,(H,66,67)(H,68,69)/t54-,55+,56+/m0/s1. The second kappa shape index (κ2) is 52.8. The molecule has 5 atom stereocenters. The molecule has 2 unspecified atom stereocenters. The smallest absolute Gasteiger partial charge is 0.462 e. The van der Waals surface area contributed by atoms with Gasteiger partial charge in [0.1, 0.15) is 19.3 Å². The quantitative estimate of drug-likeness (QED) is 0.0222. The van der Waals surface area contributed by atoms with Crippen molar-refractivity contribution in [2.45, 2.75) is 310 Å². The number of carbonyl (C=O) groups is 4. The molecule has 0 fully saturated rings. The molecule has 0 spiro atoms. The van der Waals surface area contributed by atoms with Crippen LogP contribution in [0.5, 0.6) is 0 Å². The van der Waals surface area contributed by atoms with Crippen LogP contribution in [-0.4, -0.2) is 96.7 Å².